The number of hydrogen-bond donors (Lipinski definition) is 2. The van der Waals surface area contributed by atoms with Gasteiger partial charge in [0, 0.05) is 24.9 Å². The molecule has 1 aliphatic rings. The Kier molecular flexibility index (Phi) is 4.83. The Morgan fingerprint density at radius 1 is 1.33 bits per heavy atom. The Hall–Kier alpha value is -2.04. The highest BCUT2D eigenvalue weighted by atomic mass is 16.4. The first-order chi connectivity index (χ1) is 10.0. The van der Waals surface area contributed by atoms with E-state index < -0.39 is 0 Å². The van der Waals surface area contributed by atoms with E-state index in [0.717, 1.165) is 19.3 Å². The number of carbonyl (C=O) groups is 1. The molecule has 0 saturated carbocycles. The van der Waals surface area contributed by atoms with E-state index in [0.29, 0.717) is 19.5 Å². The number of benzene rings is 1. The molecule has 1 amide bonds. The van der Waals surface area contributed by atoms with Crippen LogP contribution in [0.15, 0.2) is 35.5 Å². The Bertz CT molecular complexity index is 506. The van der Waals surface area contributed by atoms with Crippen molar-refractivity contribution in [1.29, 1.82) is 0 Å². The monoisotopic (exact) mass is 289 g/mol. The molecule has 5 nitrogen and oxygen atoms in total. The molecule has 1 heterocycles. The Labute approximate surface area is 125 Å². The molecule has 0 spiro atoms. The van der Waals surface area contributed by atoms with E-state index in [1.807, 2.05) is 42.2 Å². The van der Waals surface area contributed by atoms with E-state index in [1.54, 1.807) is 0 Å². The van der Waals surface area contributed by atoms with E-state index in [1.165, 1.54) is 5.56 Å². The molecular formula is C16H23N3O2. The van der Waals surface area contributed by atoms with Gasteiger partial charge in [0.05, 0.1) is 0 Å². The van der Waals surface area contributed by atoms with Gasteiger partial charge in [-0.3, -0.25) is 4.79 Å². The molecule has 21 heavy (non-hydrogen) atoms. The van der Waals surface area contributed by atoms with Crippen LogP contribution >= 0.6 is 0 Å². The molecule has 1 saturated heterocycles. The standard InChI is InChI=1S/C16H23N3O2/c1-16(15(17)18-21)9-11-19(12-10-16)14(20)8-7-13-5-3-2-4-6-13/h2-6,21H,7-12H2,1H3,(H2,17,18). The van der Waals surface area contributed by atoms with Crippen molar-refractivity contribution < 1.29 is 10.0 Å². The van der Waals surface area contributed by atoms with E-state index in [4.69, 9.17) is 10.9 Å². The predicted molar refractivity (Wildman–Crippen MR) is 82.1 cm³/mol. The summed E-state index contributed by atoms with van der Waals surface area (Å²) >= 11 is 0. The summed E-state index contributed by atoms with van der Waals surface area (Å²) in [6.45, 7) is 3.31. The predicted octanol–water partition coefficient (Wildman–Crippen LogP) is 1.99. The zero-order valence-electron chi connectivity index (χ0n) is 12.5. The second kappa shape index (κ2) is 6.61. The smallest absolute Gasteiger partial charge is 0.222 e. The number of amides is 1. The summed E-state index contributed by atoms with van der Waals surface area (Å²) in [5, 5.41) is 11.9. The molecule has 1 aromatic carbocycles. The third kappa shape index (κ3) is 3.74. The van der Waals surface area contributed by atoms with Gasteiger partial charge < -0.3 is 15.8 Å². The number of aryl methyl sites for hydroxylation is 1. The van der Waals surface area contributed by atoms with Gasteiger partial charge in [0.1, 0.15) is 5.84 Å². The first-order valence-corrected chi connectivity index (χ1v) is 7.35. The lowest BCUT2D eigenvalue weighted by molar-refractivity contribution is -0.132. The molecule has 2 rings (SSSR count). The molecule has 0 unspecified atom stereocenters. The van der Waals surface area contributed by atoms with Gasteiger partial charge >= 0.3 is 0 Å². The van der Waals surface area contributed by atoms with Gasteiger partial charge in [-0.2, -0.15) is 0 Å². The normalized spacial score (nSPS) is 18.5. The van der Waals surface area contributed by atoms with Gasteiger partial charge in [-0.05, 0) is 24.8 Å². The van der Waals surface area contributed by atoms with Crippen LogP contribution in [-0.4, -0.2) is 34.9 Å². The number of rotatable bonds is 4. The van der Waals surface area contributed by atoms with E-state index >= 15 is 0 Å². The summed E-state index contributed by atoms with van der Waals surface area (Å²) in [5.74, 6) is 0.444. The van der Waals surface area contributed by atoms with Crippen molar-refractivity contribution in [2.75, 3.05) is 13.1 Å². The van der Waals surface area contributed by atoms with Crippen molar-refractivity contribution in [3.63, 3.8) is 0 Å². The van der Waals surface area contributed by atoms with Crippen LogP contribution in [0.2, 0.25) is 0 Å². The van der Waals surface area contributed by atoms with Gasteiger partial charge in [0.15, 0.2) is 0 Å². The number of carbonyl (C=O) groups excluding carboxylic acids is 1. The molecule has 0 aliphatic carbocycles. The molecule has 3 N–H and O–H groups in total. The van der Waals surface area contributed by atoms with E-state index in [9.17, 15) is 4.79 Å². The highest BCUT2D eigenvalue weighted by Gasteiger charge is 2.35. The Balaban J connectivity index is 1.83. The number of likely N-dealkylation sites (tertiary alicyclic amines) is 1. The first-order valence-electron chi connectivity index (χ1n) is 7.35. The number of nitrogens with zero attached hydrogens (tertiary/aromatic N) is 2. The van der Waals surface area contributed by atoms with Crippen LogP contribution < -0.4 is 5.73 Å². The average Bonchev–Trinajstić information content (AvgIpc) is 2.53. The maximum absolute atomic E-state index is 12.2. The van der Waals surface area contributed by atoms with E-state index in [2.05, 4.69) is 5.16 Å². The van der Waals surface area contributed by atoms with Crippen LogP contribution in [0.25, 0.3) is 0 Å². The fourth-order valence-corrected chi connectivity index (χ4v) is 2.68. The lowest BCUT2D eigenvalue weighted by atomic mass is 9.79. The highest BCUT2D eigenvalue weighted by Crippen LogP contribution is 2.31. The van der Waals surface area contributed by atoms with Crippen molar-refractivity contribution in [3.8, 4) is 0 Å². The Morgan fingerprint density at radius 2 is 1.95 bits per heavy atom. The quantitative estimate of drug-likeness (QED) is 0.385. The third-order valence-electron chi connectivity index (χ3n) is 4.42. The van der Waals surface area contributed by atoms with Crippen molar-refractivity contribution >= 4 is 11.7 Å². The van der Waals surface area contributed by atoms with Crippen LogP contribution in [0.1, 0.15) is 31.7 Å². The van der Waals surface area contributed by atoms with Gasteiger partial charge in [-0.15, -0.1) is 0 Å². The zero-order chi connectivity index (χ0) is 15.3. The highest BCUT2D eigenvalue weighted by molar-refractivity contribution is 5.86. The molecular weight excluding hydrogens is 266 g/mol. The molecule has 0 bridgehead atoms. The molecule has 5 heteroatoms. The minimum Gasteiger partial charge on any atom is -0.409 e. The molecule has 0 radical (unpaired) electrons. The van der Waals surface area contributed by atoms with Gasteiger partial charge in [0.2, 0.25) is 5.91 Å². The van der Waals surface area contributed by atoms with Gasteiger partial charge in [-0.1, -0.05) is 42.4 Å². The number of piperidine rings is 1. The maximum atomic E-state index is 12.2. The zero-order valence-corrected chi connectivity index (χ0v) is 12.5. The second-order valence-corrected chi connectivity index (χ2v) is 5.91. The first kappa shape index (κ1) is 15.4. The summed E-state index contributed by atoms with van der Waals surface area (Å²) < 4.78 is 0. The Morgan fingerprint density at radius 3 is 2.52 bits per heavy atom. The lowest BCUT2D eigenvalue weighted by Gasteiger charge is -2.38. The largest absolute Gasteiger partial charge is 0.409 e. The van der Waals surface area contributed by atoms with Crippen LogP contribution in [0.5, 0.6) is 0 Å². The lowest BCUT2D eigenvalue weighted by Crippen LogP contribution is -2.47. The number of amidine groups is 1. The second-order valence-electron chi connectivity index (χ2n) is 5.91. The average molecular weight is 289 g/mol. The maximum Gasteiger partial charge on any atom is 0.222 e. The van der Waals surface area contributed by atoms with Gasteiger partial charge in [-0.25, -0.2) is 0 Å². The van der Waals surface area contributed by atoms with Crippen LogP contribution in [0.4, 0.5) is 0 Å². The topological polar surface area (TPSA) is 78.9 Å². The summed E-state index contributed by atoms with van der Waals surface area (Å²) in [7, 11) is 0. The number of oxime groups is 1. The minimum atomic E-state index is -0.301. The van der Waals surface area contributed by atoms with Crippen LogP contribution in [-0.2, 0) is 11.2 Å². The minimum absolute atomic E-state index is 0.181. The molecule has 1 aromatic rings. The van der Waals surface area contributed by atoms with Gasteiger partial charge in [0.25, 0.3) is 0 Å². The summed E-state index contributed by atoms with van der Waals surface area (Å²) in [6, 6.07) is 10.0. The van der Waals surface area contributed by atoms with Crippen molar-refractivity contribution in [1.82, 2.24) is 4.90 Å². The fourth-order valence-electron chi connectivity index (χ4n) is 2.68. The number of nitrogens with two attached hydrogens (primary N) is 1. The molecule has 1 aliphatic heterocycles. The third-order valence-corrected chi connectivity index (χ3v) is 4.42. The molecule has 0 atom stereocenters. The van der Waals surface area contributed by atoms with Crippen LogP contribution in [0.3, 0.4) is 0 Å². The molecule has 1 fully saturated rings. The molecule has 0 aromatic heterocycles. The van der Waals surface area contributed by atoms with Crippen molar-refractivity contribution in [3.05, 3.63) is 35.9 Å². The summed E-state index contributed by atoms with van der Waals surface area (Å²) in [6.07, 6.45) is 2.78. The van der Waals surface area contributed by atoms with E-state index in [-0.39, 0.29) is 17.2 Å². The number of hydrogen-bond acceptors (Lipinski definition) is 3. The summed E-state index contributed by atoms with van der Waals surface area (Å²) in [4.78, 5) is 14.1. The summed E-state index contributed by atoms with van der Waals surface area (Å²) in [5.41, 5.74) is 6.62. The van der Waals surface area contributed by atoms with Crippen LogP contribution in [0, 0.1) is 5.41 Å². The fraction of sp³-hybridized carbons (Fsp3) is 0.500. The molecule has 114 valence electrons. The van der Waals surface area contributed by atoms with Crippen molar-refractivity contribution in [2.24, 2.45) is 16.3 Å². The van der Waals surface area contributed by atoms with Crippen molar-refractivity contribution in [2.45, 2.75) is 32.6 Å². The SMILES string of the molecule is CC1(/C(N)=N/O)CCN(C(=O)CCc2ccccc2)CC1.